The van der Waals surface area contributed by atoms with Gasteiger partial charge in [0, 0.05) is 12.5 Å². The van der Waals surface area contributed by atoms with E-state index in [4.69, 9.17) is 4.74 Å². The van der Waals surface area contributed by atoms with Gasteiger partial charge in [-0.3, -0.25) is 4.79 Å². The number of methoxy groups -OCH3 is 1. The Morgan fingerprint density at radius 3 is 2.47 bits per heavy atom. The van der Waals surface area contributed by atoms with Crippen molar-refractivity contribution >= 4 is 11.9 Å². The third-order valence-corrected chi connectivity index (χ3v) is 4.05. The van der Waals surface area contributed by atoms with Crippen LogP contribution in [0.5, 0.6) is 0 Å². The van der Waals surface area contributed by atoms with Gasteiger partial charge in [0.05, 0.1) is 20.3 Å². The minimum atomic E-state index is -0.617. The molecule has 0 aromatic rings. The molecule has 5 heteroatoms. The van der Waals surface area contributed by atoms with Crippen molar-refractivity contribution < 1.29 is 19.1 Å². The lowest BCUT2D eigenvalue weighted by Gasteiger charge is -2.33. The monoisotopic (exact) mass is 269 g/mol. The number of carbonyl (C=O) groups excluding carboxylic acids is 2. The third-order valence-electron chi connectivity index (χ3n) is 4.05. The number of morpholine rings is 1. The second-order valence-electron chi connectivity index (χ2n) is 5.36. The van der Waals surface area contributed by atoms with Crippen LogP contribution in [0.1, 0.15) is 38.5 Å². The van der Waals surface area contributed by atoms with Crippen LogP contribution in [0.4, 0.5) is 0 Å². The minimum Gasteiger partial charge on any atom is -0.467 e. The SMILES string of the molecule is COC(=O)C1CN(C(=O)C2CCCCCC2)CCO1. The molecular formula is C14H23NO4. The number of ether oxygens (including phenoxy) is 2. The predicted octanol–water partition coefficient (Wildman–Crippen LogP) is 1.36. The fourth-order valence-electron chi connectivity index (χ4n) is 2.91. The first-order valence-electron chi connectivity index (χ1n) is 7.20. The molecule has 108 valence electrons. The van der Waals surface area contributed by atoms with Crippen LogP contribution in [0.15, 0.2) is 0 Å². The molecule has 1 heterocycles. The molecule has 1 saturated carbocycles. The minimum absolute atomic E-state index is 0.138. The van der Waals surface area contributed by atoms with Gasteiger partial charge in [0.15, 0.2) is 6.10 Å². The maximum absolute atomic E-state index is 12.5. The van der Waals surface area contributed by atoms with E-state index in [0.29, 0.717) is 19.7 Å². The predicted molar refractivity (Wildman–Crippen MR) is 69.5 cm³/mol. The van der Waals surface area contributed by atoms with E-state index in [9.17, 15) is 9.59 Å². The number of hydrogen-bond donors (Lipinski definition) is 0. The van der Waals surface area contributed by atoms with Crippen molar-refractivity contribution in [3.05, 3.63) is 0 Å². The molecule has 1 unspecified atom stereocenters. The van der Waals surface area contributed by atoms with Crippen molar-refractivity contribution in [3.63, 3.8) is 0 Å². The van der Waals surface area contributed by atoms with Crippen LogP contribution in [0.2, 0.25) is 0 Å². The summed E-state index contributed by atoms with van der Waals surface area (Å²) in [6, 6.07) is 0. The summed E-state index contributed by atoms with van der Waals surface area (Å²) in [5, 5.41) is 0. The van der Waals surface area contributed by atoms with Crippen LogP contribution in [-0.2, 0) is 19.1 Å². The van der Waals surface area contributed by atoms with E-state index in [1.807, 2.05) is 0 Å². The quantitative estimate of drug-likeness (QED) is 0.561. The molecule has 1 saturated heterocycles. The topological polar surface area (TPSA) is 55.8 Å². The summed E-state index contributed by atoms with van der Waals surface area (Å²) in [5.74, 6) is -0.0589. The number of hydrogen-bond acceptors (Lipinski definition) is 4. The first-order valence-corrected chi connectivity index (χ1v) is 7.20. The molecule has 0 radical (unpaired) electrons. The maximum atomic E-state index is 12.5. The van der Waals surface area contributed by atoms with Crippen LogP contribution in [-0.4, -0.2) is 49.7 Å². The van der Waals surface area contributed by atoms with Gasteiger partial charge in [0.25, 0.3) is 0 Å². The van der Waals surface area contributed by atoms with Gasteiger partial charge in [-0.05, 0) is 12.8 Å². The van der Waals surface area contributed by atoms with E-state index in [1.165, 1.54) is 20.0 Å². The molecule has 19 heavy (non-hydrogen) atoms. The first kappa shape index (κ1) is 14.3. The van der Waals surface area contributed by atoms with Gasteiger partial charge < -0.3 is 14.4 Å². The maximum Gasteiger partial charge on any atom is 0.336 e. The Hall–Kier alpha value is -1.10. The average Bonchev–Trinajstić information content (AvgIpc) is 2.75. The summed E-state index contributed by atoms with van der Waals surface area (Å²) in [5.41, 5.74) is 0. The fraction of sp³-hybridized carbons (Fsp3) is 0.857. The number of carbonyl (C=O) groups is 2. The highest BCUT2D eigenvalue weighted by Crippen LogP contribution is 2.25. The number of rotatable bonds is 2. The average molecular weight is 269 g/mol. The van der Waals surface area contributed by atoms with E-state index < -0.39 is 12.1 Å². The van der Waals surface area contributed by atoms with Gasteiger partial charge in [0.1, 0.15) is 0 Å². The molecule has 2 rings (SSSR count). The molecule has 0 aromatic carbocycles. The van der Waals surface area contributed by atoms with E-state index in [0.717, 1.165) is 25.7 Å². The van der Waals surface area contributed by atoms with Crippen LogP contribution >= 0.6 is 0 Å². The summed E-state index contributed by atoms with van der Waals surface area (Å²) in [7, 11) is 1.35. The molecule has 0 aromatic heterocycles. The van der Waals surface area contributed by atoms with Crippen molar-refractivity contribution in [1.29, 1.82) is 0 Å². The van der Waals surface area contributed by atoms with Crippen molar-refractivity contribution in [3.8, 4) is 0 Å². The Morgan fingerprint density at radius 1 is 1.16 bits per heavy atom. The number of esters is 1. The lowest BCUT2D eigenvalue weighted by atomic mass is 9.98. The highest BCUT2D eigenvalue weighted by atomic mass is 16.6. The Kier molecular flexibility index (Phi) is 5.19. The van der Waals surface area contributed by atoms with Gasteiger partial charge in [-0.25, -0.2) is 4.79 Å². The highest BCUT2D eigenvalue weighted by molar-refractivity contribution is 5.81. The second-order valence-corrected chi connectivity index (χ2v) is 5.36. The van der Waals surface area contributed by atoms with Crippen molar-refractivity contribution in [1.82, 2.24) is 4.90 Å². The zero-order chi connectivity index (χ0) is 13.7. The lowest BCUT2D eigenvalue weighted by Crippen LogP contribution is -2.50. The summed E-state index contributed by atoms with van der Waals surface area (Å²) in [6.07, 6.45) is 6.10. The summed E-state index contributed by atoms with van der Waals surface area (Å²) < 4.78 is 10.0. The van der Waals surface area contributed by atoms with Crippen LogP contribution < -0.4 is 0 Å². The second kappa shape index (κ2) is 6.89. The van der Waals surface area contributed by atoms with Crippen molar-refractivity contribution in [2.75, 3.05) is 26.8 Å². The van der Waals surface area contributed by atoms with Crippen LogP contribution in [0.25, 0.3) is 0 Å². The molecular weight excluding hydrogens is 246 g/mol. The molecule has 1 amide bonds. The van der Waals surface area contributed by atoms with Crippen LogP contribution in [0, 0.1) is 5.92 Å². The lowest BCUT2D eigenvalue weighted by molar-refractivity contribution is -0.163. The zero-order valence-corrected chi connectivity index (χ0v) is 11.6. The van der Waals surface area contributed by atoms with Gasteiger partial charge in [-0.2, -0.15) is 0 Å². The van der Waals surface area contributed by atoms with Gasteiger partial charge >= 0.3 is 5.97 Å². The standard InChI is InChI=1S/C14H23NO4/c1-18-14(17)12-10-15(8-9-19-12)13(16)11-6-4-2-3-5-7-11/h11-12H,2-10H2,1H3. The zero-order valence-electron chi connectivity index (χ0n) is 11.6. The van der Waals surface area contributed by atoms with E-state index in [2.05, 4.69) is 4.74 Å². The summed E-state index contributed by atoms with van der Waals surface area (Å²) >= 11 is 0. The first-order chi connectivity index (χ1) is 9.22. The number of nitrogens with zero attached hydrogens (tertiary/aromatic N) is 1. The van der Waals surface area contributed by atoms with E-state index in [1.54, 1.807) is 4.90 Å². The largest absolute Gasteiger partial charge is 0.467 e. The molecule has 0 spiro atoms. The Balaban J connectivity index is 1.92. The number of amides is 1. The molecule has 5 nitrogen and oxygen atoms in total. The van der Waals surface area contributed by atoms with Gasteiger partial charge in [0.2, 0.25) is 5.91 Å². The Labute approximate surface area is 114 Å². The summed E-state index contributed by atoms with van der Waals surface area (Å²) in [4.78, 5) is 25.7. The normalized spacial score (nSPS) is 25.7. The highest BCUT2D eigenvalue weighted by Gasteiger charge is 2.32. The third kappa shape index (κ3) is 3.69. The van der Waals surface area contributed by atoms with Crippen LogP contribution in [0.3, 0.4) is 0 Å². The molecule has 0 bridgehead atoms. The molecule has 1 atom stereocenters. The molecule has 1 aliphatic heterocycles. The fourth-order valence-corrected chi connectivity index (χ4v) is 2.91. The summed E-state index contributed by atoms with van der Waals surface area (Å²) in [6.45, 7) is 1.34. The van der Waals surface area contributed by atoms with Gasteiger partial charge in [-0.15, -0.1) is 0 Å². The van der Waals surface area contributed by atoms with Crippen molar-refractivity contribution in [2.24, 2.45) is 5.92 Å². The van der Waals surface area contributed by atoms with E-state index in [-0.39, 0.29) is 11.8 Å². The van der Waals surface area contributed by atoms with Gasteiger partial charge in [-0.1, -0.05) is 25.7 Å². The molecule has 0 N–H and O–H groups in total. The Morgan fingerprint density at radius 2 is 1.84 bits per heavy atom. The molecule has 2 aliphatic rings. The smallest absolute Gasteiger partial charge is 0.336 e. The Bertz CT molecular complexity index is 323. The van der Waals surface area contributed by atoms with E-state index >= 15 is 0 Å². The molecule has 2 fully saturated rings. The van der Waals surface area contributed by atoms with Crippen molar-refractivity contribution in [2.45, 2.75) is 44.6 Å². The molecule has 1 aliphatic carbocycles.